The van der Waals surface area contributed by atoms with Crippen LogP contribution in [0, 0.1) is 0 Å². The lowest BCUT2D eigenvalue weighted by Crippen LogP contribution is -2.13. The molecule has 0 aliphatic carbocycles. The van der Waals surface area contributed by atoms with Crippen LogP contribution in [0.15, 0.2) is 24.7 Å². The monoisotopic (exact) mass is 222 g/mol. The Bertz CT molecular complexity index is 297. The van der Waals surface area contributed by atoms with Gasteiger partial charge in [-0.3, -0.25) is 8.74 Å². The molecule has 0 aromatic heterocycles. The molecule has 0 aromatic rings. The molecule has 1 aliphatic rings. The lowest BCUT2D eigenvalue weighted by molar-refractivity contribution is 0.324. The van der Waals surface area contributed by atoms with Crippen LogP contribution in [0.3, 0.4) is 0 Å². The Morgan fingerprint density at radius 3 is 2.50 bits per heavy atom. The van der Waals surface area contributed by atoms with Crippen molar-refractivity contribution in [2.75, 3.05) is 13.8 Å². The standard InChI is InChI=1S/C6H10N2.CH4O4S/c1-2-4-8-5-3-7-6-8;1-5-6(2,3)4/h2-5,7H,6H2,1H3;1H3,(H,2,3,4). The highest BCUT2D eigenvalue weighted by Gasteiger charge is 1.94. The van der Waals surface area contributed by atoms with Crippen LogP contribution in [0.4, 0.5) is 0 Å². The van der Waals surface area contributed by atoms with Crippen molar-refractivity contribution in [2.24, 2.45) is 0 Å². The van der Waals surface area contributed by atoms with E-state index < -0.39 is 10.4 Å². The smallest absolute Gasteiger partial charge is 0.372 e. The van der Waals surface area contributed by atoms with Crippen LogP contribution in [-0.4, -0.2) is 31.6 Å². The Kier molecular flexibility index (Phi) is 5.93. The predicted molar refractivity (Wildman–Crippen MR) is 52.4 cm³/mol. The molecule has 0 fully saturated rings. The molecule has 0 bridgehead atoms. The second kappa shape index (κ2) is 6.41. The molecule has 1 aliphatic heterocycles. The molecule has 1 rings (SSSR count). The fraction of sp³-hybridized carbons (Fsp3) is 0.429. The number of hydrogen-bond donors (Lipinski definition) is 2. The van der Waals surface area contributed by atoms with E-state index in [1.807, 2.05) is 31.6 Å². The third kappa shape index (κ3) is 7.59. The van der Waals surface area contributed by atoms with Gasteiger partial charge in [-0.1, -0.05) is 6.08 Å². The van der Waals surface area contributed by atoms with Crippen LogP contribution in [-0.2, 0) is 14.6 Å². The van der Waals surface area contributed by atoms with Crippen molar-refractivity contribution in [3.05, 3.63) is 24.7 Å². The molecule has 14 heavy (non-hydrogen) atoms. The van der Waals surface area contributed by atoms with Crippen LogP contribution in [0.2, 0.25) is 0 Å². The molecule has 1 heterocycles. The number of allylic oxidation sites excluding steroid dienone is 1. The second-order valence-corrected chi connectivity index (χ2v) is 3.46. The molecule has 0 radical (unpaired) electrons. The van der Waals surface area contributed by atoms with Gasteiger partial charge in [0.1, 0.15) is 0 Å². The zero-order valence-electron chi connectivity index (χ0n) is 8.04. The highest BCUT2D eigenvalue weighted by Crippen LogP contribution is 1.93. The zero-order chi connectivity index (χ0) is 11.0. The fourth-order valence-corrected chi connectivity index (χ4v) is 0.653. The van der Waals surface area contributed by atoms with Crippen molar-refractivity contribution in [3.63, 3.8) is 0 Å². The largest absolute Gasteiger partial charge is 0.397 e. The first-order chi connectivity index (χ1) is 6.49. The Labute approximate surface area is 83.8 Å². The van der Waals surface area contributed by atoms with E-state index in [0.717, 1.165) is 13.8 Å². The molecule has 6 nitrogen and oxygen atoms in total. The van der Waals surface area contributed by atoms with E-state index in [1.54, 1.807) is 0 Å². The Morgan fingerprint density at radius 2 is 2.21 bits per heavy atom. The first-order valence-electron chi connectivity index (χ1n) is 3.81. The van der Waals surface area contributed by atoms with Crippen LogP contribution in [0.25, 0.3) is 0 Å². The van der Waals surface area contributed by atoms with Crippen LogP contribution >= 0.6 is 0 Å². The summed E-state index contributed by atoms with van der Waals surface area (Å²) in [6.45, 7) is 2.91. The first-order valence-corrected chi connectivity index (χ1v) is 5.17. The van der Waals surface area contributed by atoms with Crippen molar-refractivity contribution in [2.45, 2.75) is 6.92 Å². The fourth-order valence-electron chi connectivity index (χ4n) is 0.653. The molecular formula is C7H14N2O4S. The van der Waals surface area contributed by atoms with Gasteiger partial charge in [-0.15, -0.1) is 0 Å². The maximum absolute atomic E-state index is 9.33. The molecule has 2 N–H and O–H groups in total. The summed E-state index contributed by atoms with van der Waals surface area (Å²) in [6.07, 6.45) is 7.97. The van der Waals surface area contributed by atoms with E-state index in [1.165, 1.54) is 0 Å². The molecule has 0 saturated carbocycles. The molecule has 0 spiro atoms. The van der Waals surface area contributed by atoms with E-state index in [9.17, 15) is 8.42 Å². The SMILES string of the molecule is CC=CN1C=CNC1.COS(=O)(=O)O. The highest BCUT2D eigenvalue weighted by molar-refractivity contribution is 7.80. The minimum Gasteiger partial charge on any atom is -0.372 e. The number of nitrogens with one attached hydrogen (secondary N) is 1. The lowest BCUT2D eigenvalue weighted by Gasteiger charge is -2.05. The zero-order valence-corrected chi connectivity index (χ0v) is 8.86. The van der Waals surface area contributed by atoms with Crippen LogP contribution < -0.4 is 5.32 Å². The Morgan fingerprint density at radius 1 is 1.64 bits per heavy atom. The van der Waals surface area contributed by atoms with Crippen molar-refractivity contribution >= 4 is 10.4 Å². The average molecular weight is 222 g/mol. The summed E-state index contributed by atoms with van der Waals surface area (Å²) in [5.74, 6) is 0. The summed E-state index contributed by atoms with van der Waals surface area (Å²) in [6, 6.07) is 0. The molecule has 0 unspecified atom stereocenters. The van der Waals surface area contributed by atoms with Crippen LogP contribution in [0.1, 0.15) is 6.92 Å². The molecular weight excluding hydrogens is 208 g/mol. The van der Waals surface area contributed by atoms with Gasteiger partial charge in [-0.2, -0.15) is 8.42 Å². The summed E-state index contributed by atoms with van der Waals surface area (Å²) in [5.41, 5.74) is 0. The van der Waals surface area contributed by atoms with Gasteiger partial charge in [0.05, 0.1) is 13.8 Å². The number of rotatable bonds is 2. The summed E-state index contributed by atoms with van der Waals surface area (Å²) < 4.78 is 29.7. The summed E-state index contributed by atoms with van der Waals surface area (Å²) >= 11 is 0. The third-order valence-corrected chi connectivity index (χ3v) is 1.63. The summed E-state index contributed by atoms with van der Waals surface area (Å²) in [7, 11) is -3.29. The van der Waals surface area contributed by atoms with Gasteiger partial charge in [-0.25, -0.2) is 0 Å². The van der Waals surface area contributed by atoms with E-state index in [-0.39, 0.29) is 0 Å². The van der Waals surface area contributed by atoms with Gasteiger partial charge < -0.3 is 10.2 Å². The normalized spacial score (nSPS) is 15.2. The van der Waals surface area contributed by atoms with Gasteiger partial charge >= 0.3 is 10.4 Å². The van der Waals surface area contributed by atoms with E-state index >= 15 is 0 Å². The second-order valence-electron chi connectivity index (χ2n) is 2.27. The van der Waals surface area contributed by atoms with E-state index in [4.69, 9.17) is 4.55 Å². The first kappa shape index (κ1) is 12.9. The van der Waals surface area contributed by atoms with Gasteiger partial charge in [0, 0.05) is 18.6 Å². The van der Waals surface area contributed by atoms with E-state index in [0.29, 0.717) is 0 Å². The maximum Gasteiger partial charge on any atom is 0.397 e. The van der Waals surface area contributed by atoms with Crippen LogP contribution in [0.5, 0.6) is 0 Å². The van der Waals surface area contributed by atoms with Gasteiger partial charge in [0.15, 0.2) is 0 Å². The van der Waals surface area contributed by atoms with Gasteiger partial charge in [0.2, 0.25) is 0 Å². The van der Waals surface area contributed by atoms with Gasteiger partial charge in [-0.05, 0) is 6.92 Å². The minimum atomic E-state index is -4.16. The molecule has 82 valence electrons. The van der Waals surface area contributed by atoms with Crippen molar-refractivity contribution < 1.29 is 17.2 Å². The number of nitrogens with zero attached hydrogens (tertiary/aromatic N) is 1. The Hall–Kier alpha value is -1.05. The summed E-state index contributed by atoms with van der Waals surface area (Å²) in [5, 5.41) is 3.05. The molecule has 7 heteroatoms. The maximum atomic E-state index is 9.33. The minimum absolute atomic E-state index is 0.870. The number of hydrogen-bond acceptors (Lipinski definition) is 5. The molecule has 0 amide bonds. The molecule has 0 aromatic carbocycles. The van der Waals surface area contributed by atoms with E-state index in [2.05, 4.69) is 14.4 Å². The summed E-state index contributed by atoms with van der Waals surface area (Å²) in [4.78, 5) is 2.07. The average Bonchev–Trinajstić information content (AvgIpc) is 2.58. The Balaban J connectivity index is 0.000000255. The van der Waals surface area contributed by atoms with Crippen molar-refractivity contribution in [1.82, 2.24) is 10.2 Å². The predicted octanol–water partition coefficient (Wildman–Crippen LogP) is 0.290. The van der Waals surface area contributed by atoms with Crippen molar-refractivity contribution in [1.29, 1.82) is 0 Å². The third-order valence-electron chi connectivity index (χ3n) is 1.21. The molecule has 0 saturated heterocycles. The van der Waals surface area contributed by atoms with Crippen molar-refractivity contribution in [3.8, 4) is 0 Å². The topological polar surface area (TPSA) is 78.9 Å². The van der Waals surface area contributed by atoms with Gasteiger partial charge in [0.25, 0.3) is 0 Å². The highest BCUT2D eigenvalue weighted by atomic mass is 32.3. The quantitative estimate of drug-likeness (QED) is 0.654. The molecule has 0 atom stereocenters. The lowest BCUT2D eigenvalue weighted by atomic mass is 10.6.